The number of ether oxygens (including phenoxy) is 3. The highest BCUT2D eigenvalue weighted by molar-refractivity contribution is 14.1. The molecule has 0 aliphatic heterocycles. The Bertz CT molecular complexity index is 1290. The third kappa shape index (κ3) is 8.55. The maximum Gasteiger partial charge on any atom is 0.249 e. The van der Waals surface area contributed by atoms with Crippen molar-refractivity contribution in [2.75, 3.05) is 33.5 Å². The summed E-state index contributed by atoms with van der Waals surface area (Å²) >= 11 is 14.3. The maximum atomic E-state index is 13.4. The first-order valence-electron chi connectivity index (χ1n) is 12.7. The molecule has 13 heteroatoms. The lowest BCUT2D eigenvalue weighted by molar-refractivity contribution is -0.144. The Hall–Kier alpha value is -2.42. The molecule has 3 atom stereocenters. The number of carbonyl (C=O) groups is 3. The van der Waals surface area contributed by atoms with Gasteiger partial charge in [-0.15, -0.1) is 0 Å². The number of rotatable bonds is 13. The van der Waals surface area contributed by atoms with Crippen molar-refractivity contribution >= 4 is 63.9 Å². The molecule has 0 unspecified atom stereocenters. The van der Waals surface area contributed by atoms with Crippen molar-refractivity contribution in [1.29, 1.82) is 0 Å². The Balaban J connectivity index is 2.05. The molecule has 0 spiro atoms. The van der Waals surface area contributed by atoms with E-state index >= 15 is 0 Å². The van der Waals surface area contributed by atoms with E-state index in [9.17, 15) is 24.6 Å². The number of nitrogens with one attached hydrogen (secondary N) is 1. The predicted octanol–water partition coefficient (Wildman–Crippen LogP) is 3.40. The highest BCUT2D eigenvalue weighted by atomic mass is 127. The number of amides is 2. The van der Waals surface area contributed by atoms with Gasteiger partial charge >= 0.3 is 0 Å². The summed E-state index contributed by atoms with van der Waals surface area (Å²) in [6, 6.07) is 7.13. The van der Waals surface area contributed by atoms with Gasteiger partial charge in [-0.1, -0.05) is 29.3 Å². The van der Waals surface area contributed by atoms with Gasteiger partial charge in [-0.3, -0.25) is 14.4 Å². The molecule has 2 aromatic carbocycles. The fraction of sp³-hybridized carbons (Fsp3) is 0.393. The molecular weight excluding hydrogens is 690 g/mol. The lowest BCUT2D eigenvalue weighted by Crippen LogP contribution is -2.55. The fourth-order valence-electron chi connectivity index (χ4n) is 4.34. The zero-order valence-electron chi connectivity index (χ0n) is 22.4. The molecule has 0 radical (unpaired) electrons. The monoisotopic (exact) mass is 720 g/mol. The zero-order valence-corrected chi connectivity index (χ0v) is 26.1. The van der Waals surface area contributed by atoms with Gasteiger partial charge in [0.2, 0.25) is 11.8 Å². The molecule has 1 aliphatic carbocycles. The van der Waals surface area contributed by atoms with Crippen LogP contribution in [0.4, 0.5) is 0 Å². The van der Waals surface area contributed by atoms with E-state index in [0.29, 0.717) is 37.6 Å². The summed E-state index contributed by atoms with van der Waals surface area (Å²) in [4.78, 5) is 39.2. The van der Waals surface area contributed by atoms with Crippen LogP contribution in [0.3, 0.4) is 0 Å². The van der Waals surface area contributed by atoms with Crippen LogP contribution in [0.1, 0.15) is 29.3 Å². The smallest absolute Gasteiger partial charge is 0.249 e. The van der Waals surface area contributed by atoms with Crippen molar-refractivity contribution in [2.24, 2.45) is 0 Å². The van der Waals surface area contributed by atoms with E-state index < -0.39 is 30.1 Å². The molecule has 2 amide bonds. The third-order valence-electron chi connectivity index (χ3n) is 6.34. The lowest BCUT2D eigenvalue weighted by atomic mass is 9.87. The van der Waals surface area contributed by atoms with E-state index in [1.54, 1.807) is 31.2 Å². The van der Waals surface area contributed by atoms with Crippen molar-refractivity contribution in [1.82, 2.24) is 10.2 Å². The second-order valence-electron chi connectivity index (χ2n) is 9.08. The number of nitrogens with zero attached hydrogens (tertiary/aromatic N) is 1. The summed E-state index contributed by atoms with van der Waals surface area (Å²) in [6.45, 7) is 1.60. The molecule has 41 heavy (non-hydrogen) atoms. The molecule has 2 aromatic rings. The van der Waals surface area contributed by atoms with Crippen molar-refractivity contribution in [2.45, 2.75) is 38.1 Å². The van der Waals surface area contributed by atoms with Crippen LogP contribution in [-0.2, 0) is 20.9 Å². The number of hydrogen-bond donors (Lipinski definition) is 3. The number of aldehydes is 1. The minimum atomic E-state index is -1.29. The summed E-state index contributed by atoms with van der Waals surface area (Å²) in [5, 5.41) is 24.1. The number of hydrogen-bond acceptors (Lipinski definition) is 8. The Morgan fingerprint density at radius 2 is 1.98 bits per heavy atom. The van der Waals surface area contributed by atoms with Crippen LogP contribution in [0, 0.1) is 3.57 Å². The Labute approximate surface area is 261 Å². The van der Waals surface area contributed by atoms with Gasteiger partial charge in [0.25, 0.3) is 0 Å². The van der Waals surface area contributed by atoms with Crippen LogP contribution >= 0.6 is 45.8 Å². The molecule has 0 fully saturated rings. The van der Waals surface area contributed by atoms with Crippen molar-refractivity contribution in [3.8, 4) is 11.5 Å². The van der Waals surface area contributed by atoms with Gasteiger partial charge in [0.15, 0.2) is 11.5 Å². The molecule has 10 nitrogen and oxygen atoms in total. The summed E-state index contributed by atoms with van der Waals surface area (Å²) in [5.41, 5.74) is 1.27. The average Bonchev–Trinajstić information content (AvgIpc) is 2.96. The summed E-state index contributed by atoms with van der Waals surface area (Å²) in [7, 11) is 1.42. The fourth-order valence-corrected chi connectivity index (χ4v) is 5.41. The molecule has 0 saturated heterocycles. The molecule has 0 bridgehead atoms. The Morgan fingerprint density at radius 3 is 2.61 bits per heavy atom. The minimum Gasteiger partial charge on any atom is -0.493 e. The van der Waals surface area contributed by atoms with Gasteiger partial charge in [-0.25, -0.2) is 0 Å². The first-order chi connectivity index (χ1) is 19.6. The highest BCUT2D eigenvalue weighted by Crippen LogP contribution is 2.37. The summed E-state index contributed by atoms with van der Waals surface area (Å²) < 4.78 is 17.6. The topological polar surface area (TPSA) is 135 Å². The summed E-state index contributed by atoms with van der Waals surface area (Å²) in [5.74, 6) is -0.381. The molecule has 0 saturated carbocycles. The lowest BCUT2D eigenvalue weighted by Gasteiger charge is -2.40. The summed E-state index contributed by atoms with van der Waals surface area (Å²) in [6.07, 6.45) is -0.223. The molecular formula is C28H31Cl2IN2O8. The van der Waals surface area contributed by atoms with Crippen molar-refractivity contribution in [3.05, 3.63) is 66.7 Å². The standard InChI is InChI=1S/C28H31Cl2IN2O8/c1-3-40-15-25(36)33(13-16-4-5-19(29)20(30)8-16)22-11-18(28(38)32-6-7-34)12-23(26(22)37)41-27-21(31)9-17(14-35)10-24(27)39-2/h4-5,8-10,12,14,22-23,26,34,37H,3,6-7,11,13,15H2,1-2H3,(H,32,38)/t22-,23+,26+/m1/s1. The van der Waals surface area contributed by atoms with Gasteiger partial charge in [-0.05, 0) is 65.4 Å². The molecule has 1 aliphatic rings. The number of benzene rings is 2. The van der Waals surface area contributed by atoms with Crippen molar-refractivity contribution < 1.29 is 38.8 Å². The molecule has 3 rings (SSSR count). The number of carbonyl (C=O) groups excluding carboxylic acids is 3. The molecule has 0 heterocycles. The second-order valence-corrected chi connectivity index (χ2v) is 11.1. The molecule has 0 aromatic heterocycles. The van der Waals surface area contributed by atoms with Gasteiger partial charge in [0.05, 0.1) is 33.4 Å². The Kier molecular flexibility index (Phi) is 12.7. The normalized spacial score (nSPS) is 18.3. The van der Waals surface area contributed by atoms with Crippen LogP contribution < -0.4 is 14.8 Å². The minimum absolute atomic E-state index is 0.00418. The van der Waals surface area contributed by atoms with Crippen molar-refractivity contribution in [3.63, 3.8) is 0 Å². The SMILES string of the molecule is CCOCC(=O)N(Cc1ccc(Cl)c(Cl)c1)[C@@H]1CC(C(=O)NCCO)=C[C@H](Oc2c(I)cc(C=O)cc2OC)[C@H]1O. The average molecular weight is 721 g/mol. The second kappa shape index (κ2) is 15.7. The number of methoxy groups -OCH3 is 1. The number of aliphatic hydroxyl groups is 2. The van der Waals surface area contributed by atoms with Gasteiger partial charge in [0, 0.05) is 37.3 Å². The zero-order chi connectivity index (χ0) is 30.1. The van der Waals surface area contributed by atoms with E-state index in [1.165, 1.54) is 24.2 Å². The third-order valence-corrected chi connectivity index (χ3v) is 7.88. The van der Waals surface area contributed by atoms with Gasteiger partial charge in [0.1, 0.15) is 25.1 Å². The Morgan fingerprint density at radius 1 is 1.22 bits per heavy atom. The molecule has 222 valence electrons. The van der Waals surface area contributed by atoms with Crippen LogP contribution in [0.5, 0.6) is 11.5 Å². The van der Waals surface area contributed by atoms with E-state index in [1.807, 2.05) is 22.6 Å². The van der Waals surface area contributed by atoms with Crippen LogP contribution in [0.2, 0.25) is 10.0 Å². The molecule has 3 N–H and O–H groups in total. The van der Waals surface area contributed by atoms with E-state index in [-0.39, 0.29) is 49.8 Å². The number of halogens is 3. The van der Waals surface area contributed by atoms with Crippen LogP contribution in [0.15, 0.2) is 42.0 Å². The largest absolute Gasteiger partial charge is 0.493 e. The van der Waals surface area contributed by atoms with Crippen LogP contribution in [-0.4, -0.2) is 84.9 Å². The maximum absolute atomic E-state index is 13.4. The van der Waals surface area contributed by atoms with Gasteiger partial charge < -0.3 is 34.6 Å². The highest BCUT2D eigenvalue weighted by Gasteiger charge is 2.41. The predicted molar refractivity (Wildman–Crippen MR) is 162 cm³/mol. The van der Waals surface area contributed by atoms with E-state index in [2.05, 4.69) is 5.32 Å². The quantitative estimate of drug-likeness (QED) is 0.212. The van der Waals surface area contributed by atoms with E-state index in [4.69, 9.17) is 37.4 Å². The first kappa shape index (κ1) is 33.1. The van der Waals surface area contributed by atoms with E-state index in [0.717, 1.165) is 0 Å². The van der Waals surface area contributed by atoms with Gasteiger partial charge in [-0.2, -0.15) is 0 Å². The van der Waals surface area contributed by atoms with Crippen LogP contribution in [0.25, 0.3) is 0 Å². The first-order valence-corrected chi connectivity index (χ1v) is 14.5. The number of aliphatic hydroxyl groups excluding tert-OH is 2.